The van der Waals surface area contributed by atoms with Gasteiger partial charge in [0.15, 0.2) is 11.0 Å². The Labute approximate surface area is 253 Å². The standard InChI is InChI=1S/C33H31N5O2S2/c1-22-11-10-14-24(19-22)30-36-37-33(38(30)25-15-6-3-7-16-25)41-21-28(39)35-32-29(26-17-8-9-18-27(26)42-32)31(40)34-20-23-12-4-2-5-13-23/h2-7,10-16,19H,8-9,17-18,20-21H2,1H3,(H,34,40)(H,35,39). The van der Waals surface area contributed by atoms with Crippen molar-refractivity contribution in [1.82, 2.24) is 20.1 Å². The summed E-state index contributed by atoms with van der Waals surface area (Å²) in [6.45, 7) is 2.48. The van der Waals surface area contributed by atoms with E-state index in [1.165, 1.54) is 28.0 Å². The number of carbonyl (C=O) groups is 2. The predicted molar refractivity (Wildman–Crippen MR) is 169 cm³/mol. The first-order chi connectivity index (χ1) is 20.6. The summed E-state index contributed by atoms with van der Waals surface area (Å²) in [4.78, 5) is 27.9. The summed E-state index contributed by atoms with van der Waals surface area (Å²) >= 11 is 2.86. The fourth-order valence-corrected chi connectivity index (χ4v) is 7.25. The third-order valence-corrected chi connectivity index (χ3v) is 9.34. The van der Waals surface area contributed by atoms with Crippen LogP contribution in [0.1, 0.15) is 44.8 Å². The molecular weight excluding hydrogens is 563 g/mol. The number of hydrogen-bond donors (Lipinski definition) is 2. The summed E-state index contributed by atoms with van der Waals surface area (Å²) < 4.78 is 1.99. The maximum Gasteiger partial charge on any atom is 0.254 e. The summed E-state index contributed by atoms with van der Waals surface area (Å²) in [6.07, 6.45) is 3.93. The van der Waals surface area contributed by atoms with E-state index in [-0.39, 0.29) is 17.6 Å². The van der Waals surface area contributed by atoms with Gasteiger partial charge in [-0.25, -0.2) is 0 Å². The topological polar surface area (TPSA) is 88.9 Å². The number of aromatic nitrogens is 3. The van der Waals surface area contributed by atoms with Crippen LogP contribution in [0.4, 0.5) is 5.00 Å². The quantitative estimate of drug-likeness (QED) is 0.183. The van der Waals surface area contributed by atoms with Crippen LogP contribution in [0.3, 0.4) is 0 Å². The first-order valence-electron chi connectivity index (χ1n) is 14.0. The Hall–Kier alpha value is -4.21. The first-order valence-corrected chi connectivity index (χ1v) is 15.8. The van der Waals surface area contributed by atoms with Gasteiger partial charge in [0.2, 0.25) is 5.91 Å². The molecule has 9 heteroatoms. The molecule has 212 valence electrons. The van der Waals surface area contributed by atoms with Crippen molar-refractivity contribution in [2.24, 2.45) is 0 Å². The van der Waals surface area contributed by atoms with Crippen LogP contribution in [0.25, 0.3) is 17.1 Å². The number of nitrogens with one attached hydrogen (secondary N) is 2. The molecule has 7 nitrogen and oxygen atoms in total. The molecule has 0 fully saturated rings. The summed E-state index contributed by atoms with van der Waals surface area (Å²) in [6, 6.07) is 27.9. The number of aryl methyl sites for hydroxylation is 2. The number of para-hydroxylation sites is 1. The summed E-state index contributed by atoms with van der Waals surface area (Å²) in [5.74, 6) is 0.520. The fraction of sp³-hybridized carbons (Fsp3) is 0.212. The van der Waals surface area contributed by atoms with Crippen molar-refractivity contribution < 1.29 is 9.59 Å². The normalized spacial score (nSPS) is 12.5. The Morgan fingerprint density at radius 3 is 2.48 bits per heavy atom. The summed E-state index contributed by atoms with van der Waals surface area (Å²) in [5.41, 5.74) is 5.73. The minimum Gasteiger partial charge on any atom is -0.348 e. The molecule has 0 saturated carbocycles. The molecular formula is C33H31N5O2S2. The molecule has 0 unspecified atom stereocenters. The van der Waals surface area contributed by atoms with E-state index in [1.54, 1.807) is 0 Å². The monoisotopic (exact) mass is 593 g/mol. The van der Waals surface area contributed by atoms with Crippen LogP contribution in [0.2, 0.25) is 0 Å². The number of thioether (sulfide) groups is 1. The third-order valence-electron chi connectivity index (χ3n) is 7.20. The summed E-state index contributed by atoms with van der Waals surface area (Å²) in [5, 5.41) is 16.3. The highest BCUT2D eigenvalue weighted by Crippen LogP contribution is 2.38. The average molecular weight is 594 g/mol. The molecule has 0 spiro atoms. The van der Waals surface area contributed by atoms with Crippen LogP contribution >= 0.6 is 23.1 Å². The second kappa shape index (κ2) is 12.8. The first kappa shape index (κ1) is 27.9. The van der Waals surface area contributed by atoms with Crippen LogP contribution in [0, 0.1) is 6.92 Å². The van der Waals surface area contributed by atoms with E-state index in [4.69, 9.17) is 0 Å². The van der Waals surface area contributed by atoms with Crippen LogP contribution in [0.15, 0.2) is 90.1 Å². The SMILES string of the molecule is Cc1cccc(-c2nnc(SCC(=O)Nc3sc4c(c3C(=O)NCc3ccccc3)CCCC4)n2-c2ccccc2)c1. The van der Waals surface area contributed by atoms with Gasteiger partial charge in [-0.05, 0) is 61.9 Å². The van der Waals surface area contributed by atoms with Gasteiger partial charge in [-0.1, -0.05) is 84.1 Å². The number of anilines is 1. The smallest absolute Gasteiger partial charge is 0.254 e. The number of hydrogen-bond acceptors (Lipinski definition) is 6. The van der Waals surface area contributed by atoms with Crippen molar-refractivity contribution in [2.45, 2.75) is 44.3 Å². The molecule has 1 aliphatic carbocycles. The second-order valence-electron chi connectivity index (χ2n) is 10.3. The number of benzene rings is 3. The maximum atomic E-state index is 13.4. The van der Waals surface area contributed by atoms with Gasteiger partial charge in [-0.15, -0.1) is 21.5 Å². The number of nitrogens with zero attached hydrogens (tertiary/aromatic N) is 3. The van der Waals surface area contributed by atoms with Crippen LogP contribution in [-0.2, 0) is 24.2 Å². The molecule has 0 bridgehead atoms. The Morgan fingerprint density at radius 2 is 1.69 bits per heavy atom. The van der Waals surface area contributed by atoms with Gasteiger partial charge >= 0.3 is 0 Å². The van der Waals surface area contributed by atoms with E-state index in [1.807, 2.05) is 90.4 Å². The van der Waals surface area contributed by atoms with E-state index in [2.05, 4.69) is 26.9 Å². The zero-order valence-corrected chi connectivity index (χ0v) is 24.9. The van der Waals surface area contributed by atoms with Crippen LogP contribution in [-0.4, -0.2) is 32.3 Å². The van der Waals surface area contributed by atoms with Gasteiger partial charge in [-0.3, -0.25) is 14.2 Å². The highest BCUT2D eigenvalue weighted by atomic mass is 32.2. The molecule has 42 heavy (non-hydrogen) atoms. The van der Waals surface area contributed by atoms with E-state index >= 15 is 0 Å². The van der Waals surface area contributed by atoms with E-state index in [9.17, 15) is 9.59 Å². The van der Waals surface area contributed by atoms with Crippen molar-refractivity contribution >= 4 is 39.9 Å². The van der Waals surface area contributed by atoms with Crippen molar-refractivity contribution in [3.8, 4) is 17.1 Å². The fourth-order valence-electron chi connectivity index (χ4n) is 5.20. The molecule has 2 N–H and O–H groups in total. The molecule has 0 aliphatic heterocycles. The van der Waals surface area contributed by atoms with Gasteiger partial charge in [0.25, 0.3) is 5.91 Å². The van der Waals surface area contributed by atoms with Gasteiger partial charge in [0, 0.05) is 22.7 Å². The molecule has 1 aliphatic rings. The molecule has 6 rings (SSSR count). The zero-order valence-electron chi connectivity index (χ0n) is 23.3. The van der Waals surface area contributed by atoms with Gasteiger partial charge in [-0.2, -0.15) is 0 Å². The highest BCUT2D eigenvalue weighted by molar-refractivity contribution is 7.99. The van der Waals surface area contributed by atoms with E-state index in [0.717, 1.165) is 59.4 Å². The molecule has 2 amide bonds. The Morgan fingerprint density at radius 1 is 0.929 bits per heavy atom. The third kappa shape index (κ3) is 6.17. The molecule has 2 heterocycles. The predicted octanol–water partition coefficient (Wildman–Crippen LogP) is 6.84. The molecule has 0 atom stereocenters. The molecule has 0 radical (unpaired) electrons. The number of rotatable bonds is 9. The Balaban J connectivity index is 1.21. The zero-order chi connectivity index (χ0) is 28.9. The largest absolute Gasteiger partial charge is 0.348 e. The van der Waals surface area contributed by atoms with Gasteiger partial charge in [0.1, 0.15) is 5.00 Å². The minimum atomic E-state index is -0.185. The lowest BCUT2D eigenvalue weighted by Crippen LogP contribution is -2.25. The lowest BCUT2D eigenvalue weighted by molar-refractivity contribution is -0.113. The van der Waals surface area contributed by atoms with Crippen LogP contribution < -0.4 is 10.6 Å². The maximum absolute atomic E-state index is 13.4. The Bertz CT molecular complexity index is 1710. The number of amides is 2. The number of thiophene rings is 1. The number of carbonyl (C=O) groups excluding carboxylic acids is 2. The van der Waals surface area contributed by atoms with E-state index in [0.29, 0.717) is 22.3 Å². The van der Waals surface area contributed by atoms with E-state index < -0.39 is 0 Å². The Kier molecular flexibility index (Phi) is 8.48. The van der Waals surface area contributed by atoms with Crippen molar-refractivity contribution in [3.63, 3.8) is 0 Å². The number of fused-ring (bicyclic) bond motifs is 1. The molecule has 3 aromatic carbocycles. The average Bonchev–Trinajstić information content (AvgIpc) is 3.61. The van der Waals surface area contributed by atoms with Crippen molar-refractivity contribution in [2.75, 3.05) is 11.1 Å². The van der Waals surface area contributed by atoms with Crippen LogP contribution in [0.5, 0.6) is 0 Å². The molecule has 0 saturated heterocycles. The molecule has 2 aromatic heterocycles. The lowest BCUT2D eigenvalue weighted by Gasteiger charge is -2.13. The highest BCUT2D eigenvalue weighted by Gasteiger charge is 2.26. The van der Waals surface area contributed by atoms with Gasteiger partial charge < -0.3 is 10.6 Å². The summed E-state index contributed by atoms with van der Waals surface area (Å²) in [7, 11) is 0. The lowest BCUT2D eigenvalue weighted by atomic mass is 9.95. The second-order valence-corrected chi connectivity index (χ2v) is 12.3. The van der Waals surface area contributed by atoms with Crippen molar-refractivity contribution in [3.05, 3.63) is 112 Å². The van der Waals surface area contributed by atoms with Crippen molar-refractivity contribution in [1.29, 1.82) is 0 Å². The molecule has 5 aromatic rings. The minimum absolute atomic E-state index is 0.131. The van der Waals surface area contributed by atoms with Gasteiger partial charge in [0.05, 0.1) is 11.3 Å².